The molecule has 6 nitrogen and oxygen atoms in total. The van der Waals surface area contributed by atoms with Crippen LogP contribution in [0.4, 0.5) is 17.1 Å². The fourth-order valence-corrected chi connectivity index (χ4v) is 3.99. The molecular formula is C27H24ClN3O3. The van der Waals surface area contributed by atoms with E-state index in [0.29, 0.717) is 23.5 Å². The van der Waals surface area contributed by atoms with Gasteiger partial charge in [0.2, 0.25) is 0 Å². The van der Waals surface area contributed by atoms with Gasteiger partial charge in [0.1, 0.15) is 10.7 Å². The molecule has 1 heterocycles. The van der Waals surface area contributed by atoms with Crippen molar-refractivity contribution >= 4 is 46.4 Å². The SMILES string of the molecule is CCN(C(=O)c1ccc(NC2=C(Cl)C(=O)N(c3ccc(C)cc3)C2=O)cc1)c1cccc(C)c1. The smallest absolute Gasteiger partial charge is 0.283 e. The summed E-state index contributed by atoms with van der Waals surface area (Å²) in [7, 11) is 0. The zero-order chi connectivity index (χ0) is 24.4. The summed E-state index contributed by atoms with van der Waals surface area (Å²) in [5.41, 5.74) is 4.41. The van der Waals surface area contributed by atoms with Crippen LogP contribution in [0.15, 0.2) is 83.5 Å². The molecule has 1 N–H and O–H groups in total. The lowest BCUT2D eigenvalue weighted by Gasteiger charge is -2.21. The van der Waals surface area contributed by atoms with Crippen LogP contribution in [0.2, 0.25) is 0 Å². The summed E-state index contributed by atoms with van der Waals surface area (Å²) in [6.07, 6.45) is 0. The maximum Gasteiger partial charge on any atom is 0.283 e. The Bertz CT molecular complexity index is 1300. The van der Waals surface area contributed by atoms with E-state index in [1.54, 1.807) is 41.3 Å². The van der Waals surface area contributed by atoms with Crippen LogP contribution in [0.5, 0.6) is 0 Å². The highest BCUT2D eigenvalue weighted by Gasteiger charge is 2.38. The van der Waals surface area contributed by atoms with Gasteiger partial charge < -0.3 is 10.2 Å². The number of anilines is 3. The molecule has 3 aromatic carbocycles. The van der Waals surface area contributed by atoms with Gasteiger partial charge in [-0.05, 0) is 74.9 Å². The van der Waals surface area contributed by atoms with Crippen LogP contribution in [-0.2, 0) is 9.59 Å². The Morgan fingerprint density at radius 1 is 0.912 bits per heavy atom. The Balaban J connectivity index is 1.52. The number of carbonyl (C=O) groups is 3. The Kier molecular flexibility index (Phi) is 6.52. The molecule has 0 aromatic heterocycles. The van der Waals surface area contributed by atoms with E-state index in [4.69, 9.17) is 11.6 Å². The number of hydrogen-bond acceptors (Lipinski definition) is 4. The van der Waals surface area contributed by atoms with Crippen LogP contribution in [-0.4, -0.2) is 24.3 Å². The van der Waals surface area contributed by atoms with Crippen molar-refractivity contribution in [2.45, 2.75) is 20.8 Å². The molecule has 4 rings (SSSR count). The molecule has 34 heavy (non-hydrogen) atoms. The van der Waals surface area contributed by atoms with Gasteiger partial charge in [0.25, 0.3) is 17.7 Å². The summed E-state index contributed by atoms with van der Waals surface area (Å²) in [4.78, 5) is 41.4. The van der Waals surface area contributed by atoms with Gasteiger partial charge in [0, 0.05) is 23.5 Å². The molecule has 0 saturated heterocycles. The van der Waals surface area contributed by atoms with E-state index in [9.17, 15) is 14.4 Å². The maximum absolute atomic E-state index is 13.1. The first-order valence-electron chi connectivity index (χ1n) is 10.9. The molecule has 0 bridgehead atoms. The van der Waals surface area contributed by atoms with Gasteiger partial charge in [0.05, 0.1) is 5.69 Å². The lowest BCUT2D eigenvalue weighted by atomic mass is 10.1. The molecule has 0 saturated carbocycles. The number of amides is 3. The summed E-state index contributed by atoms with van der Waals surface area (Å²) in [5.74, 6) is -1.24. The van der Waals surface area contributed by atoms with Crippen molar-refractivity contribution in [3.05, 3.63) is 100 Å². The van der Waals surface area contributed by atoms with Crippen molar-refractivity contribution in [2.24, 2.45) is 0 Å². The van der Waals surface area contributed by atoms with E-state index in [0.717, 1.165) is 21.7 Å². The summed E-state index contributed by atoms with van der Waals surface area (Å²) >= 11 is 6.22. The van der Waals surface area contributed by atoms with Crippen LogP contribution in [0.3, 0.4) is 0 Å². The van der Waals surface area contributed by atoms with Crippen LogP contribution in [0.1, 0.15) is 28.4 Å². The summed E-state index contributed by atoms with van der Waals surface area (Å²) < 4.78 is 0. The lowest BCUT2D eigenvalue weighted by Crippen LogP contribution is -2.32. The predicted molar refractivity (Wildman–Crippen MR) is 135 cm³/mol. The summed E-state index contributed by atoms with van der Waals surface area (Å²) in [5, 5.41) is 2.76. The predicted octanol–water partition coefficient (Wildman–Crippen LogP) is 5.41. The third kappa shape index (κ3) is 4.45. The number of nitrogens with zero attached hydrogens (tertiary/aromatic N) is 2. The van der Waals surface area contributed by atoms with Gasteiger partial charge >= 0.3 is 0 Å². The average Bonchev–Trinajstić information content (AvgIpc) is 3.04. The van der Waals surface area contributed by atoms with E-state index in [1.165, 1.54) is 0 Å². The molecule has 0 unspecified atom stereocenters. The quantitative estimate of drug-likeness (QED) is 0.486. The third-order valence-corrected chi connectivity index (χ3v) is 5.95. The summed E-state index contributed by atoms with van der Waals surface area (Å²) in [6, 6.07) is 21.5. The largest absolute Gasteiger partial charge is 0.350 e. The number of aryl methyl sites for hydroxylation is 2. The normalized spacial score (nSPS) is 13.5. The van der Waals surface area contributed by atoms with Crippen molar-refractivity contribution in [1.82, 2.24) is 0 Å². The highest BCUT2D eigenvalue weighted by molar-refractivity contribution is 6.53. The third-order valence-electron chi connectivity index (χ3n) is 5.60. The Hall–Kier alpha value is -3.90. The minimum absolute atomic E-state index is 0.00117. The van der Waals surface area contributed by atoms with E-state index < -0.39 is 11.8 Å². The fourth-order valence-electron chi connectivity index (χ4n) is 3.78. The Morgan fingerprint density at radius 2 is 1.59 bits per heavy atom. The van der Waals surface area contributed by atoms with Gasteiger partial charge in [-0.3, -0.25) is 14.4 Å². The first kappa shape index (κ1) is 23.3. The van der Waals surface area contributed by atoms with Crippen LogP contribution >= 0.6 is 11.6 Å². The van der Waals surface area contributed by atoms with Crippen LogP contribution in [0.25, 0.3) is 0 Å². The topological polar surface area (TPSA) is 69.7 Å². The number of imide groups is 1. The molecule has 0 radical (unpaired) electrons. The number of rotatable bonds is 6. The monoisotopic (exact) mass is 473 g/mol. The average molecular weight is 474 g/mol. The molecule has 172 valence electrons. The van der Waals surface area contributed by atoms with Gasteiger partial charge in [0.15, 0.2) is 0 Å². The lowest BCUT2D eigenvalue weighted by molar-refractivity contribution is -0.120. The molecule has 7 heteroatoms. The van der Waals surface area contributed by atoms with Gasteiger partial charge in [-0.1, -0.05) is 41.4 Å². The zero-order valence-electron chi connectivity index (χ0n) is 19.1. The molecule has 3 aromatic rings. The number of carbonyl (C=O) groups excluding carboxylic acids is 3. The first-order valence-corrected chi connectivity index (χ1v) is 11.3. The second kappa shape index (κ2) is 9.53. The minimum Gasteiger partial charge on any atom is -0.350 e. The Labute approximate surface area is 203 Å². The van der Waals surface area contributed by atoms with Crippen LogP contribution < -0.4 is 15.1 Å². The molecule has 1 aliphatic rings. The molecule has 0 spiro atoms. The second-order valence-corrected chi connectivity index (χ2v) is 8.44. The maximum atomic E-state index is 13.1. The van der Waals surface area contributed by atoms with E-state index in [-0.39, 0.29) is 16.6 Å². The highest BCUT2D eigenvalue weighted by Crippen LogP contribution is 2.30. The molecule has 1 aliphatic heterocycles. The number of benzene rings is 3. The van der Waals surface area contributed by atoms with Crippen molar-refractivity contribution in [3.63, 3.8) is 0 Å². The van der Waals surface area contributed by atoms with Crippen LogP contribution in [0, 0.1) is 13.8 Å². The zero-order valence-corrected chi connectivity index (χ0v) is 19.9. The van der Waals surface area contributed by atoms with Crippen molar-refractivity contribution in [3.8, 4) is 0 Å². The van der Waals surface area contributed by atoms with Crippen molar-refractivity contribution in [1.29, 1.82) is 0 Å². The van der Waals surface area contributed by atoms with Gasteiger partial charge in [-0.2, -0.15) is 0 Å². The molecule has 3 amide bonds. The number of hydrogen-bond donors (Lipinski definition) is 1. The number of nitrogens with one attached hydrogen (secondary N) is 1. The van der Waals surface area contributed by atoms with E-state index in [2.05, 4.69) is 5.32 Å². The van der Waals surface area contributed by atoms with Crippen molar-refractivity contribution in [2.75, 3.05) is 21.7 Å². The van der Waals surface area contributed by atoms with E-state index in [1.807, 2.05) is 57.2 Å². The molecule has 0 aliphatic carbocycles. The molecule has 0 atom stereocenters. The van der Waals surface area contributed by atoms with Crippen molar-refractivity contribution < 1.29 is 14.4 Å². The Morgan fingerprint density at radius 3 is 2.21 bits per heavy atom. The minimum atomic E-state index is -0.582. The second-order valence-electron chi connectivity index (χ2n) is 8.06. The summed E-state index contributed by atoms with van der Waals surface area (Å²) in [6.45, 7) is 6.35. The fraction of sp³-hybridized carbons (Fsp3) is 0.148. The standard InChI is InChI=1S/C27H24ClN3O3/c1-4-30(22-7-5-6-18(3)16-22)25(32)19-10-12-20(13-11-19)29-24-23(28)26(33)31(27(24)34)21-14-8-17(2)9-15-21/h5-16,29H,4H2,1-3H3. The van der Waals surface area contributed by atoms with E-state index >= 15 is 0 Å². The van der Waals surface area contributed by atoms with Gasteiger partial charge in [-0.15, -0.1) is 0 Å². The highest BCUT2D eigenvalue weighted by atomic mass is 35.5. The number of halogens is 1. The molecular weight excluding hydrogens is 450 g/mol. The van der Waals surface area contributed by atoms with Gasteiger partial charge in [-0.25, -0.2) is 4.90 Å². The first-order chi connectivity index (χ1) is 16.3. The molecule has 0 fully saturated rings.